The molecular formula is C18H28N2O. The zero-order valence-corrected chi connectivity index (χ0v) is 13.3. The molecule has 1 aromatic rings. The van der Waals surface area contributed by atoms with Crippen LogP contribution in [0.5, 0.6) is 0 Å². The summed E-state index contributed by atoms with van der Waals surface area (Å²) in [6.07, 6.45) is 6.60. The first-order chi connectivity index (χ1) is 10.2. The summed E-state index contributed by atoms with van der Waals surface area (Å²) in [6.45, 7) is 5.86. The molecule has 2 N–H and O–H groups in total. The van der Waals surface area contributed by atoms with Crippen molar-refractivity contribution in [3.05, 3.63) is 35.4 Å². The molecule has 1 aromatic carbocycles. The van der Waals surface area contributed by atoms with Gasteiger partial charge in [0.15, 0.2) is 0 Å². The normalized spacial score (nSPS) is 22.0. The van der Waals surface area contributed by atoms with Crippen molar-refractivity contribution >= 4 is 5.91 Å². The molecule has 2 atom stereocenters. The van der Waals surface area contributed by atoms with Gasteiger partial charge in [-0.15, -0.1) is 0 Å². The first-order valence-corrected chi connectivity index (χ1v) is 8.29. The average molecular weight is 288 g/mol. The van der Waals surface area contributed by atoms with Gasteiger partial charge in [-0.3, -0.25) is 4.79 Å². The van der Waals surface area contributed by atoms with Gasteiger partial charge in [-0.05, 0) is 37.8 Å². The highest BCUT2D eigenvalue weighted by Gasteiger charge is 2.22. The summed E-state index contributed by atoms with van der Waals surface area (Å²) in [4.78, 5) is 12.0. The summed E-state index contributed by atoms with van der Waals surface area (Å²) in [5, 5.41) is 6.61. The largest absolute Gasteiger partial charge is 0.351 e. The van der Waals surface area contributed by atoms with Crippen molar-refractivity contribution in [3.8, 4) is 0 Å². The number of carbonyl (C=O) groups excluding carboxylic acids is 1. The van der Waals surface area contributed by atoms with Crippen LogP contribution >= 0.6 is 0 Å². The predicted molar refractivity (Wildman–Crippen MR) is 87.6 cm³/mol. The quantitative estimate of drug-likeness (QED) is 0.789. The first-order valence-electron chi connectivity index (χ1n) is 8.29. The number of carbonyl (C=O) groups is 1. The van der Waals surface area contributed by atoms with E-state index in [1.54, 1.807) is 0 Å². The van der Waals surface area contributed by atoms with E-state index in [4.69, 9.17) is 0 Å². The van der Waals surface area contributed by atoms with Crippen LogP contribution in [0.15, 0.2) is 24.3 Å². The van der Waals surface area contributed by atoms with E-state index in [0.717, 1.165) is 18.0 Å². The number of benzene rings is 1. The van der Waals surface area contributed by atoms with Crippen molar-refractivity contribution in [2.45, 2.75) is 52.0 Å². The molecule has 1 saturated carbocycles. The van der Waals surface area contributed by atoms with Crippen LogP contribution in [-0.2, 0) is 0 Å². The summed E-state index contributed by atoms with van der Waals surface area (Å²) < 4.78 is 0. The molecule has 3 nitrogen and oxygen atoms in total. The Balaban J connectivity index is 1.69. The van der Waals surface area contributed by atoms with E-state index >= 15 is 0 Å². The fraction of sp³-hybridized carbons (Fsp3) is 0.611. The highest BCUT2D eigenvalue weighted by atomic mass is 16.1. The Bertz CT molecular complexity index is 441. The first kappa shape index (κ1) is 16.0. The van der Waals surface area contributed by atoms with E-state index in [1.807, 2.05) is 31.2 Å². The fourth-order valence-corrected chi connectivity index (χ4v) is 3.21. The Morgan fingerprint density at radius 3 is 2.57 bits per heavy atom. The molecule has 3 heteroatoms. The summed E-state index contributed by atoms with van der Waals surface area (Å²) >= 11 is 0. The summed E-state index contributed by atoms with van der Waals surface area (Å²) in [6, 6.07) is 8.35. The minimum Gasteiger partial charge on any atom is -0.351 e. The van der Waals surface area contributed by atoms with Crippen LogP contribution in [0, 0.1) is 12.8 Å². The van der Waals surface area contributed by atoms with Gasteiger partial charge < -0.3 is 10.6 Å². The molecule has 1 aliphatic rings. The van der Waals surface area contributed by atoms with Crippen LogP contribution in [-0.4, -0.2) is 25.0 Å². The van der Waals surface area contributed by atoms with Crippen molar-refractivity contribution < 1.29 is 4.79 Å². The highest BCUT2D eigenvalue weighted by Crippen LogP contribution is 2.26. The molecule has 2 unspecified atom stereocenters. The highest BCUT2D eigenvalue weighted by molar-refractivity contribution is 5.94. The Labute approximate surface area is 128 Å². The molecule has 2 rings (SSSR count). The van der Waals surface area contributed by atoms with Gasteiger partial charge in [-0.1, -0.05) is 43.9 Å². The lowest BCUT2D eigenvalue weighted by atomic mass is 9.83. The lowest BCUT2D eigenvalue weighted by molar-refractivity contribution is 0.0953. The van der Waals surface area contributed by atoms with Crippen LogP contribution < -0.4 is 10.6 Å². The van der Waals surface area contributed by atoms with Crippen LogP contribution in [0.25, 0.3) is 0 Å². The monoisotopic (exact) mass is 288 g/mol. The van der Waals surface area contributed by atoms with E-state index < -0.39 is 0 Å². The second-order valence-corrected chi connectivity index (χ2v) is 6.14. The summed E-state index contributed by atoms with van der Waals surface area (Å²) in [5.41, 5.74) is 1.92. The van der Waals surface area contributed by atoms with Gasteiger partial charge in [0.25, 0.3) is 5.91 Å². The maximum Gasteiger partial charge on any atom is 0.251 e. The van der Waals surface area contributed by atoms with Crippen molar-refractivity contribution in [1.29, 1.82) is 0 Å². The van der Waals surface area contributed by atoms with Gasteiger partial charge in [0.05, 0.1) is 0 Å². The number of amides is 1. The number of nitrogens with one attached hydrogen (secondary N) is 2. The molecule has 0 bridgehead atoms. The molecular weight excluding hydrogens is 260 g/mol. The molecule has 1 aliphatic carbocycles. The van der Waals surface area contributed by atoms with E-state index in [1.165, 1.54) is 37.7 Å². The summed E-state index contributed by atoms with van der Waals surface area (Å²) in [5.74, 6) is 0.832. The number of hydrogen-bond acceptors (Lipinski definition) is 2. The van der Waals surface area contributed by atoms with Crippen LogP contribution in [0.3, 0.4) is 0 Å². The van der Waals surface area contributed by atoms with E-state index in [9.17, 15) is 4.79 Å². The standard InChI is InChI=1S/C18H28N2O/c1-3-15-6-4-5-7-17(15)19-12-13-20-18(21)16-10-8-14(2)9-11-16/h8-11,15,17,19H,3-7,12-13H2,1-2H3,(H,20,21). The molecule has 0 aliphatic heterocycles. The minimum atomic E-state index is 0.0208. The van der Waals surface area contributed by atoms with Gasteiger partial charge in [0, 0.05) is 24.7 Å². The smallest absolute Gasteiger partial charge is 0.251 e. The molecule has 0 heterocycles. The third-order valence-electron chi connectivity index (χ3n) is 4.56. The Hall–Kier alpha value is -1.35. The molecule has 116 valence electrons. The van der Waals surface area contributed by atoms with E-state index in [-0.39, 0.29) is 5.91 Å². The second kappa shape index (κ2) is 8.18. The van der Waals surface area contributed by atoms with Crippen molar-refractivity contribution in [1.82, 2.24) is 10.6 Å². The average Bonchev–Trinajstić information content (AvgIpc) is 2.52. The van der Waals surface area contributed by atoms with Gasteiger partial charge in [-0.25, -0.2) is 0 Å². The summed E-state index contributed by atoms with van der Waals surface area (Å²) in [7, 11) is 0. The number of hydrogen-bond donors (Lipinski definition) is 2. The second-order valence-electron chi connectivity index (χ2n) is 6.14. The molecule has 0 spiro atoms. The Morgan fingerprint density at radius 2 is 1.86 bits per heavy atom. The fourth-order valence-electron chi connectivity index (χ4n) is 3.21. The Morgan fingerprint density at radius 1 is 1.14 bits per heavy atom. The van der Waals surface area contributed by atoms with Crippen LogP contribution in [0.4, 0.5) is 0 Å². The van der Waals surface area contributed by atoms with Gasteiger partial charge in [-0.2, -0.15) is 0 Å². The predicted octanol–water partition coefficient (Wildman–Crippen LogP) is 3.28. The zero-order chi connectivity index (χ0) is 15.1. The lowest BCUT2D eigenvalue weighted by Gasteiger charge is -2.31. The molecule has 0 radical (unpaired) electrons. The molecule has 1 fully saturated rings. The lowest BCUT2D eigenvalue weighted by Crippen LogP contribution is -2.42. The van der Waals surface area contributed by atoms with Crippen molar-refractivity contribution in [2.24, 2.45) is 5.92 Å². The van der Waals surface area contributed by atoms with Gasteiger partial charge in [0.1, 0.15) is 0 Å². The molecule has 0 aromatic heterocycles. The zero-order valence-electron chi connectivity index (χ0n) is 13.3. The SMILES string of the molecule is CCC1CCCCC1NCCNC(=O)c1ccc(C)cc1. The van der Waals surface area contributed by atoms with Crippen LogP contribution in [0.2, 0.25) is 0 Å². The minimum absolute atomic E-state index is 0.0208. The number of aryl methyl sites for hydroxylation is 1. The van der Waals surface area contributed by atoms with Crippen molar-refractivity contribution in [2.75, 3.05) is 13.1 Å². The topological polar surface area (TPSA) is 41.1 Å². The maximum atomic E-state index is 12.0. The van der Waals surface area contributed by atoms with Gasteiger partial charge in [0.2, 0.25) is 0 Å². The molecule has 0 saturated heterocycles. The third-order valence-corrected chi connectivity index (χ3v) is 4.56. The van der Waals surface area contributed by atoms with Gasteiger partial charge >= 0.3 is 0 Å². The third kappa shape index (κ3) is 4.85. The van der Waals surface area contributed by atoms with Crippen LogP contribution in [0.1, 0.15) is 54.9 Å². The molecule has 1 amide bonds. The maximum absolute atomic E-state index is 12.0. The Kier molecular flexibility index (Phi) is 6.24. The van der Waals surface area contributed by atoms with Crippen molar-refractivity contribution in [3.63, 3.8) is 0 Å². The van der Waals surface area contributed by atoms with E-state index in [0.29, 0.717) is 12.6 Å². The van der Waals surface area contributed by atoms with E-state index in [2.05, 4.69) is 17.6 Å². The number of rotatable bonds is 6. The molecule has 21 heavy (non-hydrogen) atoms.